The summed E-state index contributed by atoms with van der Waals surface area (Å²) in [6.45, 7) is 4.15. The van der Waals surface area contributed by atoms with Crippen molar-refractivity contribution in [1.82, 2.24) is 9.29 Å². The van der Waals surface area contributed by atoms with Crippen molar-refractivity contribution in [2.45, 2.75) is 45.1 Å². The minimum absolute atomic E-state index is 0.0308. The summed E-state index contributed by atoms with van der Waals surface area (Å²) in [6, 6.07) is 6.25. The van der Waals surface area contributed by atoms with Crippen LogP contribution in [-0.2, 0) is 26.0 Å². The standard InChI is InChI=1S/C21H29N3O4S2/c1-3-15-6-7-18-19(13-15)29-21(22-18)24(14-17-5-4-12-28-17)20(25)16-8-10-23(11-9-16)30(2,26)27/h6-7,13,16-17H,3-5,8-12,14H2,1-2H3. The van der Waals surface area contributed by atoms with E-state index >= 15 is 0 Å². The highest BCUT2D eigenvalue weighted by atomic mass is 32.2. The summed E-state index contributed by atoms with van der Waals surface area (Å²) >= 11 is 1.55. The average Bonchev–Trinajstić information content (AvgIpc) is 3.39. The first kappa shape index (κ1) is 21.7. The van der Waals surface area contributed by atoms with Crippen molar-refractivity contribution in [1.29, 1.82) is 0 Å². The number of aryl methyl sites for hydroxylation is 1. The summed E-state index contributed by atoms with van der Waals surface area (Å²) in [4.78, 5) is 20.1. The van der Waals surface area contributed by atoms with E-state index in [0.717, 1.165) is 36.1 Å². The second-order valence-corrected chi connectivity index (χ2v) is 11.2. The normalized spacial score (nSPS) is 21.3. The molecule has 9 heteroatoms. The molecule has 2 saturated heterocycles. The van der Waals surface area contributed by atoms with E-state index in [4.69, 9.17) is 9.72 Å². The second kappa shape index (κ2) is 8.90. The zero-order chi connectivity index (χ0) is 21.3. The molecule has 30 heavy (non-hydrogen) atoms. The Morgan fingerprint density at radius 3 is 2.70 bits per heavy atom. The Bertz CT molecular complexity index is 1010. The highest BCUT2D eigenvalue weighted by Crippen LogP contribution is 2.33. The fourth-order valence-corrected chi connectivity index (χ4v) is 6.12. The van der Waals surface area contributed by atoms with Gasteiger partial charge in [0.15, 0.2) is 5.13 Å². The Morgan fingerprint density at radius 1 is 1.30 bits per heavy atom. The van der Waals surface area contributed by atoms with Crippen LogP contribution in [-0.4, -0.2) is 62.2 Å². The molecule has 2 aliphatic rings. The number of benzene rings is 1. The van der Waals surface area contributed by atoms with Gasteiger partial charge < -0.3 is 4.74 Å². The van der Waals surface area contributed by atoms with Crippen molar-refractivity contribution in [2.24, 2.45) is 5.92 Å². The largest absolute Gasteiger partial charge is 0.376 e. The van der Waals surface area contributed by atoms with Gasteiger partial charge in [-0.05, 0) is 49.8 Å². The molecule has 0 spiro atoms. The predicted molar refractivity (Wildman–Crippen MR) is 119 cm³/mol. The van der Waals surface area contributed by atoms with Gasteiger partial charge in [0.2, 0.25) is 15.9 Å². The molecule has 2 fully saturated rings. The van der Waals surface area contributed by atoms with Crippen LogP contribution in [0.25, 0.3) is 10.2 Å². The monoisotopic (exact) mass is 451 g/mol. The Balaban J connectivity index is 1.57. The molecule has 0 aliphatic carbocycles. The number of fused-ring (bicyclic) bond motifs is 1. The maximum atomic E-state index is 13.5. The zero-order valence-electron chi connectivity index (χ0n) is 17.5. The predicted octanol–water partition coefficient (Wildman–Crippen LogP) is 3.04. The lowest BCUT2D eigenvalue weighted by atomic mass is 9.96. The number of hydrogen-bond acceptors (Lipinski definition) is 6. The fourth-order valence-electron chi connectivity index (χ4n) is 4.20. The Labute approximate surface area is 182 Å². The lowest BCUT2D eigenvalue weighted by molar-refractivity contribution is -0.123. The summed E-state index contributed by atoms with van der Waals surface area (Å²) in [5.41, 5.74) is 2.16. The molecule has 7 nitrogen and oxygen atoms in total. The molecule has 164 valence electrons. The number of hydrogen-bond donors (Lipinski definition) is 0. The first-order chi connectivity index (χ1) is 14.3. The second-order valence-electron chi connectivity index (χ2n) is 8.17. The Kier molecular flexibility index (Phi) is 6.43. The number of rotatable bonds is 6. The van der Waals surface area contributed by atoms with Crippen LogP contribution in [0.5, 0.6) is 0 Å². The number of carbonyl (C=O) groups excluding carboxylic acids is 1. The maximum Gasteiger partial charge on any atom is 0.232 e. The minimum Gasteiger partial charge on any atom is -0.376 e. The van der Waals surface area contributed by atoms with Gasteiger partial charge >= 0.3 is 0 Å². The Hall–Kier alpha value is -1.55. The van der Waals surface area contributed by atoms with E-state index in [1.165, 1.54) is 16.1 Å². The van der Waals surface area contributed by atoms with Crippen LogP contribution in [0, 0.1) is 5.92 Å². The van der Waals surface area contributed by atoms with E-state index in [1.807, 2.05) is 6.07 Å². The third-order valence-electron chi connectivity index (χ3n) is 6.03. The molecule has 2 aliphatic heterocycles. The van der Waals surface area contributed by atoms with Crippen molar-refractivity contribution >= 4 is 42.6 Å². The number of piperidine rings is 1. The highest BCUT2D eigenvalue weighted by molar-refractivity contribution is 7.88. The first-order valence-electron chi connectivity index (χ1n) is 10.6. The van der Waals surface area contributed by atoms with Crippen LogP contribution in [0.1, 0.15) is 38.2 Å². The van der Waals surface area contributed by atoms with Crippen molar-refractivity contribution in [3.8, 4) is 0 Å². The van der Waals surface area contributed by atoms with Gasteiger partial charge in [-0.25, -0.2) is 17.7 Å². The first-order valence-corrected chi connectivity index (χ1v) is 13.3. The quantitative estimate of drug-likeness (QED) is 0.674. The van der Waals surface area contributed by atoms with Crippen LogP contribution in [0.15, 0.2) is 18.2 Å². The molecule has 1 atom stereocenters. The molecule has 0 bridgehead atoms. The van der Waals surface area contributed by atoms with Crippen LogP contribution in [0.3, 0.4) is 0 Å². The number of nitrogens with zero attached hydrogens (tertiary/aromatic N) is 3. The SMILES string of the molecule is CCc1ccc2nc(N(CC3CCCO3)C(=O)C3CCN(S(C)(=O)=O)CC3)sc2c1. The molecule has 4 rings (SSSR count). The number of ether oxygens (including phenoxy) is 1. The molecule has 0 N–H and O–H groups in total. The molecule has 1 unspecified atom stereocenters. The lowest BCUT2D eigenvalue weighted by Gasteiger charge is -2.33. The lowest BCUT2D eigenvalue weighted by Crippen LogP contribution is -2.46. The van der Waals surface area contributed by atoms with Crippen LogP contribution in [0.4, 0.5) is 5.13 Å². The van der Waals surface area contributed by atoms with Crippen molar-refractivity contribution in [3.05, 3.63) is 23.8 Å². The molecule has 1 aromatic carbocycles. The van der Waals surface area contributed by atoms with Crippen LogP contribution in [0.2, 0.25) is 0 Å². The molecular weight excluding hydrogens is 422 g/mol. The highest BCUT2D eigenvalue weighted by Gasteiger charge is 2.34. The van der Waals surface area contributed by atoms with Gasteiger partial charge in [0.1, 0.15) is 0 Å². The van der Waals surface area contributed by atoms with Gasteiger partial charge in [-0.3, -0.25) is 9.69 Å². The number of amides is 1. The molecular formula is C21H29N3O4S2. The summed E-state index contributed by atoms with van der Waals surface area (Å²) in [5, 5.41) is 0.712. The van der Waals surface area contributed by atoms with E-state index < -0.39 is 10.0 Å². The van der Waals surface area contributed by atoms with Gasteiger partial charge in [0, 0.05) is 25.6 Å². The van der Waals surface area contributed by atoms with E-state index in [-0.39, 0.29) is 17.9 Å². The maximum absolute atomic E-state index is 13.5. The van der Waals surface area contributed by atoms with Crippen molar-refractivity contribution in [3.63, 3.8) is 0 Å². The van der Waals surface area contributed by atoms with E-state index in [9.17, 15) is 13.2 Å². The molecule has 1 aromatic heterocycles. The molecule has 0 saturated carbocycles. The van der Waals surface area contributed by atoms with E-state index in [1.54, 1.807) is 16.2 Å². The van der Waals surface area contributed by atoms with Gasteiger partial charge in [0.05, 0.1) is 29.1 Å². The fraction of sp³-hybridized carbons (Fsp3) is 0.619. The van der Waals surface area contributed by atoms with E-state index in [2.05, 4.69) is 19.1 Å². The van der Waals surface area contributed by atoms with Gasteiger partial charge in [-0.15, -0.1) is 0 Å². The van der Waals surface area contributed by atoms with Crippen LogP contribution < -0.4 is 4.90 Å². The van der Waals surface area contributed by atoms with Crippen molar-refractivity contribution < 1.29 is 17.9 Å². The molecule has 3 heterocycles. The number of anilines is 1. The van der Waals surface area contributed by atoms with Gasteiger partial charge in [-0.1, -0.05) is 24.3 Å². The number of thiazole rings is 1. The number of sulfonamides is 1. The van der Waals surface area contributed by atoms with Gasteiger partial charge in [-0.2, -0.15) is 0 Å². The number of carbonyl (C=O) groups is 1. The third-order valence-corrected chi connectivity index (χ3v) is 8.37. The molecule has 1 amide bonds. The van der Waals surface area contributed by atoms with Gasteiger partial charge in [0.25, 0.3) is 0 Å². The summed E-state index contributed by atoms with van der Waals surface area (Å²) in [6.07, 6.45) is 5.26. The Morgan fingerprint density at radius 2 is 2.07 bits per heavy atom. The van der Waals surface area contributed by atoms with E-state index in [0.29, 0.717) is 37.6 Å². The smallest absolute Gasteiger partial charge is 0.232 e. The summed E-state index contributed by atoms with van der Waals surface area (Å²) in [5.74, 6) is -0.156. The zero-order valence-corrected chi connectivity index (χ0v) is 19.2. The third kappa shape index (κ3) is 4.69. The van der Waals surface area contributed by atoms with Crippen LogP contribution >= 0.6 is 11.3 Å². The molecule has 0 radical (unpaired) electrons. The summed E-state index contributed by atoms with van der Waals surface area (Å²) in [7, 11) is -3.21. The molecule has 2 aromatic rings. The topological polar surface area (TPSA) is 79.8 Å². The minimum atomic E-state index is -3.21. The summed E-state index contributed by atoms with van der Waals surface area (Å²) < 4.78 is 32.0. The van der Waals surface area contributed by atoms with Crippen molar-refractivity contribution in [2.75, 3.05) is 37.4 Å². The average molecular weight is 452 g/mol. The number of aromatic nitrogens is 1.